The summed E-state index contributed by atoms with van der Waals surface area (Å²) in [7, 11) is 1.89. The second-order valence-corrected chi connectivity index (χ2v) is 6.81. The zero-order valence-electron chi connectivity index (χ0n) is 11.5. The first-order valence-corrected chi connectivity index (χ1v) is 8.03. The molecule has 0 saturated carbocycles. The maximum Gasteiger partial charge on any atom is 0.101 e. The van der Waals surface area contributed by atoms with Gasteiger partial charge in [-0.1, -0.05) is 46.9 Å². The largest absolute Gasteiger partial charge is 0.306 e. The van der Waals surface area contributed by atoms with Gasteiger partial charge in [0.15, 0.2) is 0 Å². The molecule has 0 aliphatic heterocycles. The van der Waals surface area contributed by atoms with Crippen molar-refractivity contribution in [3.8, 4) is 0 Å². The van der Waals surface area contributed by atoms with E-state index in [2.05, 4.69) is 4.99 Å². The number of hydrogen-bond acceptors (Lipinski definition) is 2. The van der Waals surface area contributed by atoms with Gasteiger partial charge in [-0.3, -0.25) is 0 Å². The number of nitrogens with zero attached hydrogens (tertiary/aromatic N) is 2. The topological polar surface area (TPSA) is 15.6 Å². The Balaban J connectivity index is 2.13. The van der Waals surface area contributed by atoms with Crippen molar-refractivity contribution in [2.24, 2.45) is 4.99 Å². The smallest absolute Gasteiger partial charge is 0.101 e. The standard InChI is InChI=1S/C15H13Cl3N2S/c1-10-4-3-5-13(18)15(10)19-9-20(2)21-14-8-11(16)6-7-12(14)17/h3-9H,1-2H3. The summed E-state index contributed by atoms with van der Waals surface area (Å²) >= 11 is 19.7. The van der Waals surface area contributed by atoms with Gasteiger partial charge in [-0.15, -0.1) is 0 Å². The third kappa shape index (κ3) is 4.55. The molecule has 0 N–H and O–H groups in total. The van der Waals surface area contributed by atoms with E-state index in [4.69, 9.17) is 34.8 Å². The SMILES string of the molecule is Cc1cccc(Cl)c1N=CN(C)Sc1cc(Cl)ccc1Cl. The highest BCUT2D eigenvalue weighted by Gasteiger charge is 2.06. The maximum absolute atomic E-state index is 6.14. The van der Waals surface area contributed by atoms with Gasteiger partial charge in [0.05, 0.1) is 15.7 Å². The van der Waals surface area contributed by atoms with Crippen molar-refractivity contribution in [3.05, 3.63) is 57.0 Å². The fraction of sp³-hybridized carbons (Fsp3) is 0.133. The summed E-state index contributed by atoms with van der Waals surface area (Å²) in [5.41, 5.74) is 1.79. The van der Waals surface area contributed by atoms with E-state index in [1.807, 2.05) is 42.5 Å². The molecule has 0 aliphatic rings. The summed E-state index contributed by atoms with van der Waals surface area (Å²) in [5, 5.41) is 1.93. The van der Waals surface area contributed by atoms with E-state index >= 15 is 0 Å². The van der Waals surface area contributed by atoms with Crippen molar-refractivity contribution >= 4 is 58.8 Å². The number of hydrogen-bond donors (Lipinski definition) is 0. The summed E-state index contributed by atoms with van der Waals surface area (Å²) in [6.07, 6.45) is 1.70. The molecule has 0 fully saturated rings. The Morgan fingerprint density at radius 3 is 2.57 bits per heavy atom. The van der Waals surface area contributed by atoms with Crippen LogP contribution < -0.4 is 0 Å². The van der Waals surface area contributed by atoms with Crippen molar-refractivity contribution < 1.29 is 0 Å². The lowest BCUT2D eigenvalue weighted by molar-refractivity contribution is 0.869. The van der Waals surface area contributed by atoms with Crippen LogP contribution in [0.3, 0.4) is 0 Å². The Hall–Kier alpha value is -0.870. The minimum atomic E-state index is 0.630. The monoisotopic (exact) mass is 358 g/mol. The lowest BCUT2D eigenvalue weighted by atomic mass is 10.2. The molecule has 0 bridgehead atoms. The average Bonchev–Trinajstić information content (AvgIpc) is 2.42. The molecule has 0 aromatic heterocycles. The first-order valence-electron chi connectivity index (χ1n) is 6.12. The molecule has 0 spiro atoms. The van der Waals surface area contributed by atoms with Gasteiger partial charge >= 0.3 is 0 Å². The van der Waals surface area contributed by atoms with Gasteiger partial charge in [-0.2, -0.15) is 0 Å². The number of aliphatic imine (C=N–C) groups is 1. The molecular weight excluding hydrogens is 347 g/mol. The van der Waals surface area contributed by atoms with Crippen LogP contribution in [0.2, 0.25) is 15.1 Å². The number of aryl methyl sites for hydroxylation is 1. The van der Waals surface area contributed by atoms with Crippen LogP contribution in [0.5, 0.6) is 0 Å². The summed E-state index contributed by atoms with van der Waals surface area (Å²) in [5.74, 6) is 0. The maximum atomic E-state index is 6.14. The van der Waals surface area contributed by atoms with Crippen LogP contribution in [0.1, 0.15) is 5.56 Å². The molecule has 0 aliphatic carbocycles. The van der Waals surface area contributed by atoms with E-state index in [0.717, 1.165) is 16.1 Å². The molecule has 0 amide bonds. The predicted molar refractivity (Wildman–Crippen MR) is 94.4 cm³/mol. The molecule has 2 aromatic rings. The highest BCUT2D eigenvalue weighted by atomic mass is 35.5. The van der Waals surface area contributed by atoms with Gasteiger partial charge in [0.25, 0.3) is 0 Å². The van der Waals surface area contributed by atoms with Gasteiger partial charge in [0.1, 0.15) is 6.34 Å². The van der Waals surface area contributed by atoms with Gasteiger partial charge in [-0.25, -0.2) is 4.99 Å². The fourth-order valence-corrected chi connectivity index (χ4v) is 3.12. The highest BCUT2D eigenvalue weighted by Crippen LogP contribution is 2.32. The Kier molecular flexibility index (Phi) is 5.82. The number of halogens is 3. The predicted octanol–water partition coefficient (Wildman–Crippen LogP) is 6.25. The Labute approximate surface area is 143 Å². The number of benzene rings is 2. The zero-order chi connectivity index (χ0) is 15.4. The molecule has 0 heterocycles. The second kappa shape index (κ2) is 7.41. The molecule has 2 nitrogen and oxygen atoms in total. The van der Waals surface area contributed by atoms with E-state index < -0.39 is 0 Å². The van der Waals surface area contributed by atoms with Crippen LogP contribution in [-0.4, -0.2) is 17.7 Å². The van der Waals surface area contributed by atoms with Gasteiger partial charge in [0.2, 0.25) is 0 Å². The number of para-hydroxylation sites is 1. The van der Waals surface area contributed by atoms with E-state index in [0.29, 0.717) is 15.1 Å². The zero-order valence-corrected chi connectivity index (χ0v) is 14.6. The summed E-state index contributed by atoms with van der Waals surface area (Å²) in [6, 6.07) is 11.0. The second-order valence-electron chi connectivity index (χ2n) is 4.36. The van der Waals surface area contributed by atoms with E-state index in [9.17, 15) is 0 Å². The Bertz CT molecular complexity index is 654. The third-order valence-corrected chi connectivity index (χ3v) is 4.57. The lowest BCUT2D eigenvalue weighted by Gasteiger charge is -2.13. The molecule has 110 valence electrons. The van der Waals surface area contributed by atoms with Crippen LogP contribution in [0.25, 0.3) is 0 Å². The van der Waals surface area contributed by atoms with Crippen LogP contribution in [0.15, 0.2) is 46.3 Å². The van der Waals surface area contributed by atoms with Crippen LogP contribution >= 0.6 is 46.8 Å². The van der Waals surface area contributed by atoms with Gasteiger partial charge in [-0.05, 0) is 48.7 Å². The fourth-order valence-electron chi connectivity index (χ4n) is 1.65. The molecule has 0 radical (unpaired) electrons. The average molecular weight is 360 g/mol. The molecule has 0 atom stereocenters. The summed E-state index contributed by atoms with van der Waals surface area (Å²) in [6.45, 7) is 1.97. The quantitative estimate of drug-likeness (QED) is 0.364. The molecule has 0 unspecified atom stereocenters. The minimum Gasteiger partial charge on any atom is -0.306 e. The van der Waals surface area contributed by atoms with E-state index in [1.165, 1.54) is 11.9 Å². The summed E-state index contributed by atoms with van der Waals surface area (Å²) in [4.78, 5) is 5.30. The Morgan fingerprint density at radius 2 is 1.86 bits per heavy atom. The lowest BCUT2D eigenvalue weighted by Crippen LogP contribution is -2.05. The van der Waals surface area contributed by atoms with Crippen LogP contribution in [0, 0.1) is 6.92 Å². The molecule has 6 heteroatoms. The normalized spacial score (nSPS) is 11.1. The highest BCUT2D eigenvalue weighted by molar-refractivity contribution is 7.97. The molecule has 2 aromatic carbocycles. The Morgan fingerprint density at radius 1 is 1.10 bits per heavy atom. The van der Waals surface area contributed by atoms with Crippen molar-refractivity contribution in [3.63, 3.8) is 0 Å². The molecule has 0 saturated heterocycles. The van der Waals surface area contributed by atoms with Crippen molar-refractivity contribution in [1.82, 2.24) is 4.31 Å². The molecular formula is C15H13Cl3N2S. The van der Waals surface area contributed by atoms with Gasteiger partial charge in [0, 0.05) is 17.0 Å². The third-order valence-electron chi connectivity index (χ3n) is 2.67. The van der Waals surface area contributed by atoms with Crippen molar-refractivity contribution in [1.29, 1.82) is 0 Å². The van der Waals surface area contributed by atoms with Crippen LogP contribution in [0.4, 0.5) is 5.69 Å². The van der Waals surface area contributed by atoms with E-state index in [-0.39, 0.29) is 0 Å². The number of rotatable bonds is 4. The first-order chi connectivity index (χ1) is 9.97. The van der Waals surface area contributed by atoms with Crippen LogP contribution in [-0.2, 0) is 0 Å². The first kappa shape index (κ1) is 16.5. The molecule has 2 rings (SSSR count). The van der Waals surface area contributed by atoms with Gasteiger partial charge < -0.3 is 4.31 Å². The van der Waals surface area contributed by atoms with Crippen molar-refractivity contribution in [2.75, 3.05) is 7.05 Å². The minimum absolute atomic E-state index is 0.630. The summed E-state index contributed by atoms with van der Waals surface area (Å²) < 4.78 is 1.85. The molecule has 21 heavy (non-hydrogen) atoms. The van der Waals surface area contributed by atoms with Crippen molar-refractivity contribution in [2.45, 2.75) is 11.8 Å². The van der Waals surface area contributed by atoms with E-state index in [1.54, 1.807) is 18.5 Å².